The van der Waals surface area contributed by atoms with Crippen LogP contribution in [0.1, 0.15) is 25.7 Å². The number of hydrogen-bond acceptors (Lipinski definition) is 4. The van der Waals surface area contributed by atoms with Crippen molar-refractivity contribution in [2.45, 2.75) is 13.3 Å². The third kappa shape index (κ3) is 4.42. The predicted octanol–water partition coefficient (Wildman–Crippen LogP) is 1.77. The number of aryl methyl sites for hydroxylation is 1. The molecular weight excluding hydrogens is 284 g/mol. The van der Waals surface area contributed by atoms with E-state index in [0.29, 0.717) is 11.4 Å². The van der Waals surface area contributed by atoms with Crippen LogP contribution in [0.15, 0.2) is 30.6 Å². The highest BCUT2D eigenvalue weighted by atomic mass is 32.1. The number of aromatic nitrogens is 1. The molecule has 2 aromatic heterocycles. The molecule has 2 heterocycles. The molecule has 0 radical (unpaired) electrons. The van der Waals surface area contributed by atoms with Gasteiger partial charge in [-0.25, -0.2) is 0 Å². The first kappa shape index (κ1) is 15.2. The molecule has 1 amide bonds. The van der Waals surface area contributed by atoms with Gasteiger partial charge in [0.2, 0.25) is 0 Å². The van der Waals surface area contributed by atoms with Crippen LogP contribution in [0.4, 0.5) is 0 Å². The van der Waals surface area contributed by atoms with Gasteiger partial charge in [-0.1, -0.05) is 17.9 Å². The van der Waals surface area contributed by atoms with Crippen LogP contribution in [0.3, 0.4) is 0 Å². The molecule has 0 fully saturated rings. The third-order valence-corrected chi connectivity index (χ3v) is 4.00. The van der Waals surface area contributed by atoms with Gasteiger partial charge >= 0.3 is 0 Å². The molecule has 0 saturated carbocycles. The second-order valence-electron chi connectivity index (χ2n) is 4.45. The van der Waals surface area contributed by atoms with Crippen molar-refractivity contribution in [2.24, 2.45) is 0 Å². The molecule has 0 unspecified atom stereocenters. The van der Waals surface area contributed by atoms with Crippen LogP contribution in [0.5, 0.6) is 0 Å². The molecule has 0 aromatic carbocycles. The summed E-state index contributed by atoms with van der Waals surface area (Å²) in [7, 11) is 0. The van der Waals surface area contributed by atoms with Crippen molar-refractivity contribution in [3.63, 3.8) is 0 Å². The summed E-state index contributed by atoms with van der Waals surface area (Å²) in [6.07, 6.45) is 4.27. The highest BCUT2D eigenvalue weighted by Crippen LogP contribution is 2.20. The van der Waals surface area contributed by atoms with Crippen LogP contribution >= 0.6 is 11.3 Å². The van der Waals surface area contributed by atoms with E-state index in [0.717, 1.165) is 22.4 Å². The van der Waals surface area contributed by atoms with Crippen molar-refractivity contribution in [2.75, 3.05) is 13.2 Å². The fourth-order valence-electron chi connectivity index (χ4n) is 1.79. The Kier molecular flexibility index (Phi) is 5.50. The Morgan fingerprint density at radius 1 is 1.52 bits per heavy atom. The second kappa shape index (κ2) is 7.58. The van der Waals surface area contributed by atoms with Crippen LogP contribution in [0.25, 0.3) is 0 Å². The summed E-state index contributed by atoms with van der Waals surface area (Å²) in [5.74, 6) is 5.36. The number of pyridine rings is 1. The molecule has 2 aromatic rings. The standard InChI is InChI=1S/C16H16N2O2S/c1-12-10-15(21-14(12)5-3-9-19)16(20)18-8-6-13-4-2-7-17-11-13/h2,4,7,10-11,19H,6,8-9H2,1H3,(H,18,20). The van der Waals surface area contributed by atoms with Crippen molar-refractivity contribution >= 4 is 17.2 Å². The van der Waals surface area contributed by atoms with Gasteiger partial charge in [-0.15, -0.1) is 11.3 Å². The zero-order chi connectivity index (χ0) is 15.1. The Labute approximate surface area is 127 Å². The zero-order valence-corrected chi connectivity index (χ0v) is 12.5. The fourth-order valence-corrected chi connectivity index (χ4v) is 2.75. The van der Waals surface area contributed by atoms with Crippen molar-refractivity contribution < 1.29 is 9.90 Å². The highest BCUT2D eigenvalue weighted by Gasteiger charge is 2.10. The minimum Gasteiger partial charge on any atom is -0.384 e. The molecule has 4 nitrogen and oxygen atoms in total. The quantitative estimate of drug-likeness (QED) is 0.846. The summed E-state index contributed by atoms with van der Waals surface area (Å²) in [6.45, 7) is 2.30. The zero-order valence-electron chi connectivity index (χ0n) is 11.7. The van der Waals surface area contributed by atoms with Crippen molar-refractivity contribution in [3.05, 3.63) is 51.5 Å². The van der Waals surface area contributed by atoms with E-state index in [4.69, 9.17) is 5.11 Å². The number of aliphatic hydroxyl groups is 1. The maximum Gasteiger partial charge on any atom is 0.261 e. The summed E-state index contributed by atoms with van der Waals surface area (Å²) >= 11 is 1.34. The molecule has 0 aliphatic carbocycles. The molecule has 0 spiro atoms. The van der Waals surface area contributed by atoms with Gasteiger partial charge < -0.3 is 10.4 Å². The molecular formula is C16H16N2O2S. The number of rotatable bonds is 4. The number of nitrogens with zero attached hydrogens (tertiary/aromatic N) is 1. The number of aliphatic hydroxyl groups excluding tert-OH is 1. The molecule has 108 valence electrons. The Morgan fingerprint density at radius 2 is 2.38 bits per heavy atom. The van der Waals surface area contributed by atoms with E-state index in [-0.39, 0.29) is 12.5 Å². The number of hydrogen-bond donors (Lipinski definition) is 2. The van der Waals surface area contributed by atoms with E-state index >= 15 is 0 Å². The van der Waals surface area contributed by atoms with Gasteiger partial charge in [-0.05, 0) is 36.6 Å². The van der Waals surface area contributed by atoms with Crippen LogP contribution < -0.4 is 5.32 Å². The van der Waals surface area contributed by atoms with Crippen molar-refractivity contribution in [1.82, 2.24) is 10.3 Å². The first-order chi connectivity index (χ1) is 10.2. The fraction of sp³-hybridized carbons (Fsp3) is 0.250. The Morgan fingerprint density at radius 3 is 3.10 bits per heavy atom. The minimum atomic E-state index is -0.177. The molecule has 0 aliphatic rings. The summed E-state index contributed by atoms with van der Waals surface area (Å²) in [5.41, 5.74) is 2.05. The molecule has 0 bridgehead atoms. The van der Waals surface area contributed by atoms with E-state index in [1.54, 1.807) is 12.4 Å². The van der Waals surface area contributed by atoms with Crippen LogP contribution in [-0.2, 0) is 6.42 Å². The number of thiophene rings is 1. The molecule has 2 rings (SSSR count). The lowest BCUT2D eigenvalue weighted by atomic mass is 10.2. The average Bonchev–Trinajstić information content (AvgIpc) is 2.87. The van der Waals surface area contributed by atoms with Crippen molar-refractivity contribution in [1.29, 1.82) is 0 Å². The second-order valence-corrected chi connectivity index (χ2v) is 5.50. The third-order valence-electron chi connectivity index (χ3n) is 2.84. The van der Waals surface area contributed by atoms with Crippen LogP contribution in [0, 0.1) is 18.8 Å². The summed E-state index contributed by atoms with van der Waals surface area (Å²) in [5, 5.41) is 11.6. The lowest BCUT2D eigenvalue weighted by Crippen LogP contribution is -2.24. The smallest absolute Gasteiger partial charge is 0.261 e. The Bertz CT molecular complexity index is 669. The summed E-state index contributed by atoms with van der Waals surface area (Å²) in [6, 6.07) is 5.69. The normalized spacial score (nSPS) is 9.81. The SMILES string of the molecule is Cc1cc(C(=O)NCCc2cccnc2)sc1C#CCO. The topological polar surface area (TPSA) is 62.2 Å². The molecule has 0 saturated heterocycles. The van der Waals surface area contributed by atoms with E-state index in [2.05, 4.69) is 22.1 Å². The van der Waals surface area contributed by atoms with Gasteiger partial charge in [0.05, 0.1) is 9.75 Å². The summed E-state index contributed by atoms with van der Waals surface area (Å²) in [4.78, 5) is 17.6. The van der Waals surface area contributed by atoms with Gasteiger partial charge in [0.1, 0.15) is 6.61 Å². The lowest BCUT2D eigenvalue weighted by Gasteiger charge is -2.03. The maximum absolute atomic E-state index is 12.1. The van der Waals surface area contributed by atoms with Gasteiger partial charge in [0.25, 0.3) is 5.91 Å². The number of carbonyl (C=O) groups is 1. The average molecular weight is 300 g/mol. The Balaban J connectivity index is 1.91. The maximum atomic E-state index is 12.1. The van der Waals surface area contributed by atoms with Gasteiger partial charge in [0, 0.05) is 18.9 Å². The van der Waals surface area contributed by atoms with Gasteiger partial charge in [0.15, 0.2) is 0 Å². The van der Waals surface area contributed by atoms with Gasteiger partial charge in [-0.2, -0.15) is 0 Å². The number of carbonyl (C=O) groups excluding carboxylic acids is 1. The lowest BCUT2D eigenvalue weighted by molar-refractivity contribution is 0.0958. The van der Waals surface area contributed by atoms with E-state index in [1.807, 2.05) is 25.1 Å². The first-order valence-corrected chi connectivity index (χ1v) is 7.39. The number of amides is 1. The highest BCUT2D eigenvalue weighted by molar-refractivity contribution is 7.14. The Hall–Kier alpha value is -2.16. The monoisotopic (exact) mass is 300 g/mol. The molecule has 2 N–H and O–H groups in total. The van der Waals surface area contributed by atoms with Crippen molar-refractivity contribution in [3.8, 4) is 11.8 Å². The molecule has 0 aliphatic heterocycles. The molecule has 21 heavy (non-hydrogen) atoms. The largest absolute Gasteiger partial charge is 0.384 e. The van der Waals surface area contributed by atoms with E-state index < -0.39 is 0 Å². The molecule has 5 heteroatoms. The van der Waals surface area contributed by atoms with E-state index in [9.17, 15) is 4.79 Å². The van der Waals surface area contributed by atoms with E-state index in [1.165, 1.54) is 11.3 Å². The number of nitrogens with one attached hydrogen (secondary N) is 1. The van der Waals surface area contributed by atoms with Gasteiger partial charge in [-0.3, -0.25) is 9.78 Å². The molecule has 0 atom stereocenters. The van der Waals surface area contributed by atoms with Crippen LogP contribution in [0.2, 0.25) is 0 Å². The minimum absolute atomic E-state index is 0.0935. The van der Waals surface area contributed by atoms with Crippen LogP contribution in [-0.4, -0.2) is 29.1 Å². The summed E-state index contributed by atoms with van der Waals surface area (Å²) < 4.78 is 0. The first-order valence-electron chi connectivity index (χ1n) is 6.58. The predicted molar refractivity (Wildman–Crippen MR) is 83.3 cm³/mol.